The van der Waals surface area contributed by atoms with Crippen molar-refractivity contribution in [2.24, 2.45) is 11.1 Å². The largest absolute Gasteiger partial charge is 0.330 e. The highest BCUT2D eigenvalue weighted by Crippen LogP contribution is 2.44. The molecule has 0 spiro atoms. The van der Waals surface area contributed by atoms with Crippen molar-refractivity contribution in [2.75, 3.05) is 12.3 Å². The zero-order valence-corrected chi connectivity index (χ0v) is 9.73. The van der Waals surface area contributed by atoms with E-state index in [-0.39, 0.29) is 17.2 Å². The molecule has 1 atom stereocenters. The van der Waals surface area contributed by atoms with Gasteiger partial charge in [-0.1, -0.05) is 13.8 Å². The Balaban J connectivity index is 2.29. The van der Waals surface area contributed by atoms with Crippen LogP contribution in [0.4, 0.5) is 0 Å². The lowest BCUT2D eigenvalue weighted by atomic mass is 10.2. The molecule has 5 heteroatoms. The van der Waals surface area contributed by atoms with Crippen molar-refractivity contribution in [1.29, 1.82) is 0 Å². The van der Waals surface area contributed by atoms with Gasteiger partial charge in [-0.2, -0.15) is 0 Å². The molecular weight excluding hydrogens is 200 g/mol. The van der Waals surface area contributed by atoms with Crippen molar-refractivity contribution in [1.82, 2.24) is 4.72 Å². The molecule has 0 saturated heterocycles. The second-order valence-corrected chi connectivity index (χ2v) is 6.55. The molecule has 1 unspecified atom stereocenters. The predicted molar refractivity (Wildman–Crippen MR) is 57.4 cm³/mol. The Bertz CT molecular complexity index is 285. The van der Waals surface area contributed by atoms with Crippen LogP contribution in [0.25, 0.3) is 0 Å². The smallest absolute Gasteiger partial charge is 0.211 e. The first-order valence-electron chi connectivity index (χ1n) is 5.07. The molecule has 0 aromatic rings. The first-order valence-corrected chi connectivity index (χ1v) is 6.73. The number of hydrogen-bond acceptors (Lipinski definition) is 3. The van der Waals surface area contributed by atoms with Crippen molar-refractivity contribution in [3.63, 3.8) is 0 Å². The van der Waals surface area contributed by atoms with Crippen LogP contribution >= 0.6 is 0 Å². The van der Waals surface area contributed by atoms with Crippen LogP contribution in [0.5, 0.6) is 0 Å². The number of unbranched alkanes of at least 4 members (excludes halogenated alkanes) is 1. The lowest BCUT2D eigenvalue weighted by molar-refractivity contribution is 0.552. The minimum absolute atomic E-state index is 0.144. The van der Waals surface area contributed by atoms with Gasteiger partial charge in [0.15, 0.2) is 0 Å². The Hall–Kier alpha value is -0.130. The van der Waals surface area contributed by atoms with Gasteiger partial charge in [-0.15, -0.1) is 0 Å². The van der Waals surface area contributed by atoms with E-state index >= 15 is 0 Å². The fraction of sp³-hybridized carbons (Fsp3) is 1.00. The van der Waals surface area contributed by atoms with Gasteiger partial charge in [-0.05, 0) is 31.2 Å². The molecule has 0 bridgehead atoms. The van der Waals surface area contributed by atoms with E-state index in [1.54, 1.807) is 0 Å². The molecule has 0 aromatic carbocycles. The molecule has 0 heterocycles. The van der Waals surface area contributed by atoms with Crippen LogP contribution < -0.4 is 10.5 Å². The molecular formula is C9H20N2O2S. The summed E-state index contributed by atoms with van der Waals surface area (Å²) in [4.78, 5) is 0. The number of hydrogen-bond donors (Lipinski definition) is 2. The van der Waals surface area contributed by atoms with Crippen LogP contribution in [0.3, 0.4) is 0 Å². The SMILES string of the molecule is CC1(C)CC1NS(=O)(=O)CCCCN. The summed E-state index contributed by atoms with van der Waals surface area (Å²) < 4.78 is 25.7. The molecule has 1 rings (SSSR count). The van der Waals surface area contributed by atoms with Crippen LogP contribution in [0.15, 0.2) is 0 Å². The number of nitrogens with two attached hydrogens (primary N) is 1. The molecule has 1 fully saturated rings. The van der Waals surface area contributed by atoms with Gasteiger partial charge in [0.2, 0.25) is 10.0 Å². The minimum Gasteiger partial charge on any atom is -0.330 e. The second-order valence-electron chi connectivity index (χ2n) is 4.68. The van der Waals surface area contributed by atoms with Gasteiger partial charge in [0.05, 0.1) is 5.75 Å². The van der Waals surface area contributed by atoms with Crippen LogP contribution in [-0.2, 0) is 10.0 Å². The first kappa shape index (κ1) is 11.9. The van der Waals surface area contributed by atoms with Gasteiger partial charge in [-0.25, -0.2) is 13.1 Å². The number of sulfonamides is 1. The van der Waals surface area contributed by atoms with Crippen LogP contribution in [0, 0.1) is 5.41 Å². The van der Waals surface area contributed by atoms with E-state index in [1.807, 2.05) is 0 Å². The third-order valence-corrected chi connectivity index (χ3v) is 4.17. The Labute approximate surface area is 86.3 Å². The zero-order valence-electron chi connectivity index (χ0n) is 8.91. The third-order valence-electron chi connectivity index (χ3n) is 2.70. The summed E-state index contributed by atoms with van der Waals surface area (Å²) in [5.74, 6) is 0.205. The summed E-state index contributed by atoms with van der Waals surface area (Å²) in [5, 5.41) is 0. The summed E-state index contributed by atoms with van der Waals surface area (Å²) in [5.41, 5.74) is 5.45. The number of rotatable bonds is 6. The summed E-state index contributed by atoms with van der Waals surface area (Å²) in [6, 6.07) is 0.144. The Morgan fingerprint density at radius 1 is 1.43 bits per heavy atom. The summed E-state index contributed by atoms with van der Waals surface area (Å²) >= 11 is 0. The molecule has 0 aromatic heterocycles. The monoisotopic (exact) mass is 220 g/mol. The van der Waals surface area contributed by atoms with Crippen LogP contribution in [0.2, 0.25) is 0 Å². The van der Waals surface area contributed by atoms with Crippen molar-refractivity contribution >= 4 is 10.0 Å². The maximum Gasteiger partial charge on any atom is 0.211 e. The summed E-state index contributed by atoms with van der Waals surface area (Å²) in [6.45, 7) is 4.70. The Morgan fingerprint density at radius 3 is 2.43 bits per heavy atom. The van der Waals surface area contributed by atoms with Crippen molar-refractivity contribution in [3.8, 4) is 0 Å². The predicted octanol–water partition coefficient (Wildman–Crippen LogP) is 0.443. The highest BCUT2D eigenvalue weighted by Gasteiger charge is 2.47. The van der Waals surface area contributed by atoms with Crippen LogP contribution in [0.1, 0.15) is 33.1 Å². The lowest BCUT2D eigenvalue weighted by Gasteiger charge is -2.07. The molecule has 1 aliphatic carbocycles. The van der Waals surface area contributed by atoms with E-state index < -0.39 is 10.0 Å². The molecule has 1 saturated carbocycles. The highest BCUT2D eigenvalue weighted by atomic mass is 32.2. The second kappa shape index (κ2) is 4.16. The number of nitrogens with one attached hydrogen (secondary N) is 1. The Kier molecular flexibility index (Phi) is 3.55. The van der Waals surface area contributed by atoms with Crippen molar-refractivity contribution < 1.29 is 8.42 Å². The normalized spacial score (nSPS) is 24.9. The highest BCUT2D eigenvalue weighted by molar-refractivity contribution is 7.89. The topological polar surface area (TPSA) is 72.2 Å². The lowest BCUT2D eigenvalue weighted by Crippen LogP contribution is -2.30. The maximum absolute atomic E-state index is 11.5. The molecule has 1 aliphatic rings. The first-order chi connectivity index (χ1) is 6.37. The van der Waals surface area contributed by atoms with Gasteiger partial charge in [0.1, 0.15) is 0 Å². The van der Waals surface area contributed by atoms with E-state index in [1.165, 1.54) is 0 Å². The fourth-order valence-corrected chi connectivity index (χ4v) is 2.92. The molecule has 0 radical (unpaired) electrons. The summed E-state index contributed by atoms with van der Waals surface area (Å²) in [7, 11) is -3.07. The van der Waals surface area contributed by atoms with Gasteiger partial charge >= 0.3 is 0 Å². The van der Waals surface area contributed by atoms with Gasteiger partial charge < -0.3 is 5.73 Å². The van der Waals surface area contributed by atoms with E-state index in [9.17, 15) is 8.42 Å². The summed E-state index contributed by atoms with van der Waals surface area (Å²) in [6.07, 6.45) is 2.37. The third kappa shape index (κ3) is 3.55. The van der Waals surface area contributed by atoms with Crippen molar-refractivity contribution in [3.05, 3.63) is 0 Å². The van der Waals surface area contributed by atoms with Crippen molar-refractivity contribution in [2.45, 2.75) is 39.2 Å². The standard InChI is InChI=1S/C9H20N2O2S/c1-9(2)7-8(9)11-14(12,13)6-4-3-5-10/h8,11H,3-7,10H2,1-2H3. The average Bonchev–Trinajstić information content (AvgIpc) is 2.57. The van der Waals surface area contributed by atoms with Gasteiger partial charge in [0.25, 0.3) is 0 Å². The zero-order chi connectivity index (χ0) is 10.8. The Morgan fingerprint density at radius 2 is 2.00 bits per heavy atom. The van der Waals surface area contributed by atoms with Gasteiger partial charge in [-0.3, -0.25) is 0 Å². The maximum atomic E-state index is 11.5. The quantitative estimate of drug-likeness (QED) is 0.638. The molecule has 0 aliphatic heterocycles. The molecule has 0 amide bonds. The molecule has 3 N–H and O–H groups in total. The molecule has 14 heavy (non-hydrogen) atoms. The average molecular weight is 220 g/mol. The van der Waals surface area contributed by atoms with E-state index in [0.29, 0.717) is 13.0 Å². The fourth-order valence-electron chi connectivity index (χ4n) is 1.38. The van der Waals surface area contributed by atoms with E-state index in [2.05, 4.69) is 18.6 Å². The molecule has 84 valence electrons. The minimum atomic E-state index is -3.07. The molecule has 4 nitrogen and oxygen atoms in total. The van der Waals surface area contributed by atoms with E-state index in [0.717, 1.165) is 12.8 Å². The van der Waals surface area contributed by atoms with E-state index in [4.69, 9.17) is 5.73 Å². The van der Waals surface area contributed by atoms with Gasteiger partial charge in [0, 0.05) is 6.04 Å². The van der Waals surface area contributed by atoms with Crippen LogP contribution in [-0.4, -0.2) is 26.8 Å².